The summed E-state index contributed by atoms with van der Waals surface area (Å²) in [6.07, 6.45) is 0. The van der Waals surface area contributed by atoms with Gasteiger partial charge in [0.05, 0.1) is 5.56 Å². The van der Waals surface area contributed by atoms with Crippen LogP contribution in [-0.4, -0.2) is 0 Å². The van der Waals surface area contributed by atoms with E-state index in [-0.39, 0.29) is 0 Å². The number of hydrogen-bond donors (Lipinski definition) is 1. The van der Waals surface area contributed by atoms with Crippen LogP contribution in [0.25, 0.3) is 0 Å². The zero-order valence-corrected chi connectivity index (χ0v) is 12.0. The van der Waals surface area contributed by atoms with E-state index in [1.165, 1.54) is 16.7 Å². The summed E-state index contributed by atoms with van der Waals surface area (Å²) in [5.41, 5.74) is 11.5. The van der Waals surface area contributed by atoms with Gasteiger partial charge in [-0.25, -0.2) is 0 Å². The number of hydrogen-bond acceptors (Lipinski definition) is 3. The lowest BCUT2D eigenvalue weighted by atomic mass is 10.0. The number of benzene rings is 2. The highest BCUT2D eigenvalue weighted by molar-refractivity contribution is 5.53. The van der Waals surface area contributed by atoms with Crippen molar-refractivity contribution >= 4 is 5.69 Å². The van der Waals surface area contributed by atoms with Crippen molar-refractivity contribution < 1.29 is 4.74 Å². The van der Waals surface area contributed by atoms with E-state index in [0.717, 1.165) is 5.56 Å². The smallest absolute Gasteiger partial charge is 0.137 e. The van der Waals surface area contributed by atoms with Crippen LogP contribution in [0.2, 0.25) is 0 Å². The average molecular weight is 266 g/mol. The third-order valence-corrected chi connectivity index (χ3v) is 3.34. The van der Waals surface area contributed by atoms with Gasteiger partial charge >= 0.3 is 0 Å². The van der Waals surface area contributed by atoms with Crippen LogP contribution in [0.15, 0.2) is 30.3 Å². The molecule has 0 bridgehead atoms. The standard InChI is InChI=1S/C17H18N2O/c1-11-6-12(2)16(13(3)7-11)10-20-17-5-4-15(19)8-14(17)9-18/h4-8H,10,19H2,1-3H3. The zero-order valence-electron chi connectivity index (χ0n) is 12.0. The lowest BCUT2D eigenvalue weighted by molar-refractivity contribution is 0.304. The predicted molar refractivity (Wildman–Crippen MR) is 80.6 cm³/mol. The van der Waals surface area contributed by atoms with Gasteiger partial charge in [-0.3, -0.25) is 0 Å². The van der Waals surface area contributed by atoms with E-state index < -0.39 is 0 Å². The molecule has 20 heavy (non-hydrogen) atoms. The van der Waals surface area contributed by atoms with Gasteiger partial charge in [0.25, 0.3) is 0 Å². The predicted octanol–water partition coefficient (Wildman–Crippen LogP) is 3.64. The Morgan fingerprint density at radius 1 is 1.10 bits per heavy atom. The Morgan fingerprint density at radius 3 is 2.35 bits per heavy atom. The molecule has 102 valence electrons. The lowest BCUT2D eigenvalue weighted by Crippen LogP contribution is -2.02. The topological polar surface area (TPSA) is 59.0 Å². The molecule has 0 spiro atoms. The zero-order chi connectivity index (χ0) is 14.7. The molecule has 2 aromatic carbocycles. The van der Waals surface area contributed by atoms with Crippen LogP contribution in [0.5, 0.6) is 5.75 Å². The Kier molecular flexibility index (Phi) is 3.95. The number of nitriles is 1. The van der Waals surface area contributed by atoms with Gasteiger partial charge < -0.3 is 10.5 Å². The van der Waals surface area contributed by atoms with Crippen molar-refractivity contribution in [3.63, 3.8) is 0 Å². The summed E-state index contributed by atoms with van der Waals surface area (Å²) < 4.78 is 5.79. The second-order valence-corrected chi connectivity index (χ2v) is 5.03. The van der Waals surface area contributed by atoms with Gasteiger partial charge in [0, 0.05) is 5.69 Å². The van der Waals surface area contributed by atoms with Crippen molar-refractivity contribution in [3.05, 3.63) is 58.1 Å². The first kappa shape index (κ1) is 14.0. The van der Waals surface area contributed by atoms with Gasteiger partial charge in [0.2, 0.25) is 0 Å². The van der Waals surface area contributed by atoms with Crippen LogP contribution in [0, 0.1) is 32.1 Å². The molecule has 0 saturated heterocycles. The summed E-state index contributed by atoms with van der Waals surface area (Å²) in [7, 11) is 0. The normalized spacial score (nSPS) is 10.1. The molecule has 0 aliphatic heterocycles. The first-order valence-corrected chi connectivity index (χ1v) is 6.50. The molecule has 0 atom stereocenters. The molecule has 0 unspecified atom stereocenters. The minimum absolute atomic E-state index is 0.455. The molecule has 2 N–H and O–H groups in total. The molecule has 0 aliphatic carbocycles. The van der Waals surface area contributed by atoms with Crippen LogP contribution >= 0.6 is 0 Å². The van der Waals surface area contributed by atoms with Crippen LogP contribution in [0.4, 0.5) is 5.69 Å². The largest absolute Gasteiger partial charge is 0.487 e. The Hall–Kier alpha value is -2.47. The van der Waals surface area contributed by atoms with Gasteiger partial charge in [0.15, 0.2) is 0 Å². The molecule has 0 saturated carbocycles. The number of nitrogen functional groups attached to an aromatic ring is 1. The molecule has 0 radical (unpaired) electrons. The van der Waals surface area contributed by atoms with Crippen LogP contribution in [-0.2, 0) is 6.61 Å². The lowest BCUT2D eigenvalue weighted by Gasteiger charge is -2.13. The van der Waals surface area contributed by atoms with E-state index >= 15 is 0 Å². The average Bonchev–Trinajstić information content (AvgIpc) is 2.38. The molecule has 0 aliphatic rings. The van der Waals surface area contributed by atoms with E-state index in [1.54, 1.807) is 18.2 Å². The van der Waals surface area contributed by atoms with Crippen molar-refractivity contribution in [3.8, 4) is 11.8 Å². The highest BCUT2D eigenvalue weighted by atomic mass is 16.5. The maximum Gasteiger partial charge on any atom is 0.137 e. The maximum atomic E-state index is 9.10. The van der Waals surface area contributed by atoms with Gasteiger partial charge in [0.1, 0.15) is 18.4 Å². The summed E-state index contributed by atoms with van der Waals surface area (Å²) in [5, 5.41) is 9.10. The molecule has 0 amide bonds. The Morgan fingerprint density at radius 2 is 1.75 bits per heavy atom. The summed E-state index contributed by atoms with van der Waals surface area (Å²) in [6.45, 7) is 6.69. The van der Waals surface area contributed by atoms with Crippen molar-refractivity contribution in [2.45, 2.75) is 27.4 Å². The molecular formula is C17H18N2O. The molecule has 0 fully saturated rings. The monoisotopic (exact) mass is 266 g/mol. The minimum Gasteiger partial charge on any atom is -0.487 e. The Bertz CT molecular complexity index is 661. The number of rotatable bonds is 3. The van der Waals surface area contributed by atoms with Crippen molar-refractivity contribution in [2.75, 3.05) is 5.73 Å². The molecule has 3 heteroatoms. The fraction of sp³-hybridized carbons (Fsp3) is 0.235. The number of aryl methyl sites for hydroxylation is 3. The maximum absolute atomic E-state index is 9.10. The van der Waals surface area contributed by atoms with E-state index in [2.05, 4.69) is 39.0 Å². The highest BCUT2D eigenvalue weighted by Crippen LogP contribution is 2.23. The van der Waals surface area contributed by atoms with E-state index in [9.17, 15) is 0 Å². The van der Waals surface area contributed by atoms with Crippen molar-refractivity contribution in [2.24, 2.45) is 0 Å². The molecular weight excluding hydrogens is 248 g/mol. The first-order chi connectivity index (χ1) is 9.51. The Balaban J connectivity index is 2.24. The first-order valence-electron chi connectivity index (χ1n) is 6.50. The van der Waals surface area contributed by atoms with Crippen molar-refractivity contribution in [1.29, 1.82) is 5.26 Å². The van der Waals surface area contributed by atoms with Crippen LogP contribution in [0.3, 0.4) is 0 Å². The molecule has 2 aromatic rings. The van der Waals surface area contributed by atoms with Gasteiger partial charge in [-0.1, -0.05) is 17.7 Å². The summed E-state index contributed by atoms with van der Waals surface area (Å²) in [4.78, 5) is 0. The number of anilines is 1. The van der Waals surface area contributed by atoms with Gasteiger partial charge in [-0.05, 0) is 55.7 Å². The third kappa shape index (κ3) is 2.92. The third-order valence-electron chi connectivity index (χ3n) is 3.34. The number of ether oxygens (including phenoxy) is 1. The SMILES string of the molecule is Cc1cc(C)c(COc2ccc(N)cc2C#N)c(C)c1. The van der Waals surface area contributed by atoms with E-state index in [1.807, 2.05) is 0 Å². The molecule has 0 aromatic heterocycles. The van der Waals surface area contributed by atoms with Crippen molar-refractivity contribution in [1.82, 2.24) is 0 Å². The Labute approximate surface area is 119 Å². The second-order valence-electron chi connectivity index (χ2n) is 5.03. The van der Waals surface area contributed by atoms with E-state index in [4.69, 9.17) is 15.7 Å². The second kappa shape index (κ2) is 5.66. The van der Waals surface area contributed by atoms with Crippen LogP contribution in [0.1, 0.15) is 27.8 Å². The van der Waals surface area contributed by atoms with Gasteiger partial charge in [-0.15, -0.1) is 0 Å². The molecule has 3 nitrogen and oxygen atoms in total. The summed E-state index contributed by atoms with van der Waals surface area (Å²) >= 11 is 0. The van der Waals surface area contributed by atoms with E-state index in [0.29, 0.717) is 23.6 Å². The molecule has 2 rings (SSSR count). The fourth-order valence-corrected chi connectivity index (χ4v) is 2.35. The number of nitrogens with two attached hydrogens (primary N) is 1. The number of nitrogens with zero attached hydrogens (tertiary/aromatic N) is 1. The highest BCUT2D eigenvalue weighted by Gasteiger charge is 2.08. The fourth-order valence-electron chi connectivity index (χ4n) is 2.35. The molecule has 0 heterocycles. The summed E-state index contributed by atoms with van der Waals surface area (Å²) in [6, 6.07) is 11.5. The van der Waals surface area contributed by atoms with Gasteiger partial charge in [-0.2, -0.15) is 5.26 Å². The quantitative estimate of drug-likeness (QED) is 0.863. The minimum atomic E-state index is 0.455. The van der Waals surface area contributed by atoms with Crippen LogP contribution < -0.4 is 10.5 Å². The summed E-state index contributed by atoms with van der Waals surface area (Å²) in [5.74, 6) is 0.570.